The van der Waals surface area contributed by atoms with Gasteiger partial charge >= 0.3 is 6.36 Å². The largest absolute Gasteiger partial charge is 0.573 e. The number of ether oxygens (including phenoxy) is 1. The Morgan fingerprint density at radius 2 is 1.88 bits per heavy atom. The van der Waals surface area contributed by atoms with Gasteiger partial charge in [0.1, 0.15) is 5.75 Å². The Labute approximate surface area is 138 Å². The Balaban J connectivity index is 1.77. The van der Waals surface area contributed by atoms with Gasteiger partial charge in [-0.05, 0) is 56.1 Å². The Kier molecular flexibility index (Phi) is 6.44. The molecule has 1 aromatic carbocycles. The molecule has 0 saturated carbocycles. The van der Waals surface area contributed by atoms with Gasteiger partial charge in [-0.1, -0.05) is 0 Å². The number of nitrogens with one attached hydrogen (secondary N) is 1. The number of rotatable bonds is 6. The first kappa shape index (κ1) is 18.5. The van der Waals surface area contributed by atoms with Crippen LogP contribution in [0.2, 0.25) is 0 Å². The highest BCUT2D eigenvalue weighted by molar-refractivity contribution is 5.94. The van der Waals surface area contributed by atoms with Crippen LogP contribution in [0.4, 0.5) is 13.2 Å². The molecule has 1 amide bonds. The van der Waals surface area contributed by atoms with Crippen LogP contribution in [0.3, 0.4) is 0 Å². The molecule has 2 rings (SSSR count). The van der Waals surface area contributed by atoms with Gasteiger partial charge in [0.05, 0.1) is 0 Å². The van der Waals surface area contributed by atoms with Crippen molar-refractivity contribution in [1.29, 1.82) is 0 Å². The highest BCUT2D eigenvalue weighted by Crippen LogP contribution is 2.22. The first-order valence-corrected chi connectivity index (χ1v) is 7.94. The van der Waals surface area contributed by atoms with Crippen molar-refractivity contribution < 1.29 is 22.7 Å². The van der Waals surface area contributed by atoms with E-state index in [9.17, 15) is 18.0 Å². The summed E-state index contributed by atoms with van der Waals surface area (Å²) in [4.78, 5) is 14.4. The number of amides is 1. The summed E-state index contributed by atoms with van der Waals surface area (Å²) in [5, 5.41) is 2.84. The van der Waals surface area contributed by atoms with Gasteiger partial charge in [0.25, 0.3) is 5.91 Å². The molecule has 5 nitrogen and oxygen atoms in total. The van der Waals surface area contributed by atoms with E-state index in [1.165, 1.54) is 12.1 Å². The van der Waals surface area contributed by atoms with Gasteiger partial charge in [0.15, 0.2) is 0 Å². The van der Waals surface area contributed by atoms with Crippen molar-refractivity contribution >= 4 is 5.91 Å². The minimum atomic E-state index is -4.73. The van der Waals surface area contributed by atoms with Gasteiger partial charge in [-0.3, -0.25) is 4.79 Å². The maximum atomic E-state index is 12.1. The number of piperidine rings is 1. The number of hydrogen-bond acceptors (Lipinski definition) is 4. The Morgan fingerprint density at radius 3 is 2.42 bits per heavy atom. The third-order valence-corrected chi connectivity index (χ3v) is 4.05. The van der Waals surface area contributed by atoms with Gasteiger partial charge < -0.3 is 20.7 Å². The fraction of sp³-hybridized carbons (Fsp3) is 0.562. The van der Waals surface area contributed by atoms with Crippen molar-refractivity contribution in [2.75, 3.05) is 32.7 Å². The average Bonchev–Trinajstić information content (AvgIpc) is 2.53. The van der Waals surface area contributed by atoms with Crippen molar-refractivity contribution in [3.63, 3.8) is 0 Å². The van der Waals surface area contributed by atoms with Gasteiger partial charge in [0.2, 0.25) is 0 Å². The van der Waals surface area contributed by atoms with Gasteiger partial charge in [-0.25, -0.2) is 0 Å². The fourth-order valence-corrected chi connectivity index (χ4v) is 2.74. The lowest BCUT2D eigenvalue weighted by Crippen LogP contribution is -2.40. The molecule has 24 heavy (non-hydrogen) atoms. The van der Waals surface area contributed by atoms with E-state index in [0.29, 0.717) is 24.6 Å². The summed E-state index contributed by atoms with van der Waals surface area (Å²) in [5.41, 5.74) is 5.84. The van der Waals surface area contributed by atoms with E-state index < -0.39 is 6.36 Å². The maximum Gasteiger partial charge on any atom is 0.573 e. The van der Waals surface area contributed by atoms with Crippen LogP contribution in [0.5, 0.6) is 5.75 Å². The van der Waals surface area contributed by atoms with Crippen molar-refractivity contribution in [2.45, 2.75) is 19.2 Å². The van der Waals surface area contributed by atoms with E-state index in [2.05, 4.69) is 15.0 Å². The Morgan fingerprint density at radius 1 is 1.25 bits per heavy atom. The first-order chi connectivity index (χ1) is 11.4. The summed E-state index contributed by atoms with van der Waals surface area (Å²) in [6, 6.07) is 4.90. The second kappa shape index (κ2) is 8.34. The van der Waals surface area contributed by atoms with Crippen LogP contribution in [0, 0.1) is 5.92 Å². The number of nitrogens with two attached hydrogens (primary N) is 1. The number of nitrogens with zero attached hydrogens (tertiary/aromatic N) is 1. The van der Waals surface area contributed by atoms with Crippen LogP contribution in [0.25, 0.3) is 0 Å². The molecule has 1 heterocycles. The lowest BCUT2D eigenvalue weighted by molar-refractivity contribution is -0.274. The van der Waals surface area contributed by atoms with Crippen molar-refractivity contribution in [3.8, 4) is 5.75 Å². The molecule has 0 spiro atoms. The first-order valence-electron chi connectivity index (χ1n) is 7.94. The molecule has 134 valence electrons. The molecule has 0 unspecified atom stereocenters. The normalized spacial score (nSPS) is 16.8. The standard InChI is InChI=1S/C16H22F3N3O2/c17-16(18,19)24-14-3-1-13(2-4-14)15(23)21-11-12-5-8-22(9-6-12)10-7-20/h1-4,12H,5-11,20H2,(H,21,23). The summed E-state index contributed by atoms with van der Waals surface area (Å²) < 4.78 is 40.0. The monoisotopic (exact) mass is 345 g/mol. The quantitative estimate of drug-likeness (QED) is 0.827. The highest BCUT2D eigenvalue weighted by Gasteiger charge is 2.31. The van der Waals surface area contributed by atoms with Gasteiger partial charge in [-0.15, -0.1) is 13.2 Å². The van der Waals surface area contributed by atoms with Crippen LogP contribution in [0.1, 0.15) is 23.2 Å². The maximum absolute atomic E-state index is 12.1. The summed E-state index contributed by atoms with van der Waals surface area (Å²) in [5.74, 6) is -0.222. The number of halogens is 3. The second-order valence-corrected chi connectivity index (χ2v) is 5.86. The van der Waals surface area contributed by atoms with Crippen LogP contribution >= 0.6 is 0 Å². The molecule has 1 aliphatic heterocycles. The van der Waals surface area contributed by atoms with Crippen molar-refractivity contribution in [1.82, 2.24) is 10.2 Å². The predicted molar refractivity (Wildman–Crippen MR) is 83.7 cm³/mol. The third kappa shape index (κ3) is 6.01. The van der Waals surface area contributed by atoms with Crippen LogP contribution in [0.15, 0.2) is 24.3 Å². The number of benzene rings is 1. The molecule has 1 aromatic rings. The zero-order valence-corrected chi connectivity index (χ0v) is 13.3. The molecule has 8 heteroatoms. The van der Waals surface area contributed by atoms with Crippen molar-refractivity contribution in [2.24, 2.45) is 11.7 Å². The molecule has 0 atom stereocenters. The SMILES string of the molecule is NCCN1CCC(CNC(=O)c2ccc(OC(F)(F)F)cc2)CC1. The molecular formula is C16H22F3N3O2. The number of carbonyl (C=O) groups is 1. The number of likely N-dealkylation sites (tertiary alicyclic amines) is 1. The molecule has 0 aromatic heterocycles. The third-order valence-electron chi connectivity index (χ3n) is 4.05. The van der Waals surface area contributed by atoms with E-state index in [0.717, 1.165) is 44.6 Å². The van der Waals surface area contributed by atoms with E-state index in [1.54, 1.807) is 0 Å². The van der Waals surface area contributed by atoms with Crippen LogP contribution < -0.4 is 15.8 Å². The minimum Gasteiger partial charge on any atom is -0.406 e. The Hall–Kier alpha value is -1.80. The van der Waals surface area contributed by atoms with E-state index in [4.69, 9.17) is 5.73 Å². The molecule has 1 aliphatic rings. The van der Waals surface area contributed by atoms with E-state index in [1.807, 2.05) is 0 Å². The highest BCUT2D eigenvalue weighted by atomic mass is 19.4. The summed E-state index contributed by atoms with van der Waals surface area (Å²) in [6.45, 7) is 4.05. The summed E-state index contributed by atoms with van der Waals surface area (Å²) in [6.07, 6.45) is -2.74. The molecule has 1 saturated heterocycles. The Bertz CT molecular complexity index is 526. The van der Waals surface area contributed by atoms with Gasteiger partial charge in [-0.2, -0.15) is 0 Å². The zero-order chi connectivity index (χ0) is 17.6. The lowest BCUT2D eigenvalue weighted by atomic mass is 9.96. The molecule has 0 bridgehead atoms. The molecule has 1 fully saturated rings. The number of hydrogen-bond donors (Lipinski definition) is 2. The van der Waals surface area contributed by atoms with E-state index >= 15 is 0 Å². The molecular weight excluding hydrogens is 323 g/mol. The zero-order valence-electron chi connectivity index (χ0n) is 13.3. The topological polar surface area (TPSA) is 67.6 Å². The predicted octanol–water partition coefficient (Wildman–Crippen LogP) is 1.99. The lowest BCUT2D eigenvalue weighted by Gasteiger charge is -2.31. The van der Waals surface area contributed by atoms with Crippen LogP contribution in [-0.4, -0.2) is 49.9 Å². The molecule has 0 radical (unpaired) electrons. The number of alkyl halides is 3. The van der Waals surface area contributed by atoms with E-state index in [-0.39, 0.29) is 11.7 Å². The minimum absolute atomic E-state index is 0.294. The summed E-state index contributed by atoms with van der Waals surface area (Å²) in [7, 11) is 0. The summed E-state index contributed by atoms with van der Waals surface area (Å²) >= 11 is 0. The smallest absolute Gasteiger partial charge is 0.406 e. The second-order valence-electron chi connectivity index (χ2n) is 5.86. The average molecular weight is 345 g/mol. The fourth-order valence-electron chi connectivity index (χ4n) is 2.74. The number of carbonyl (C=O) groups excluding carboxylic acids is 1. The van der Waals surface area contributed by atoms with Crippen LogP contribution in [-0.2, 0) is 0 Å². The molecule has 0 aliphatic carbocycles. The van der Waals surface area contributed by atoms with Crippen molar-refractivity contribution in [3.05, 3.63) is 29.8 Å². The van der Waals surface area contributed by atoms with Gasteiger partial charge in [0, 0.05) is 25.2 Å². The molecule has 3 N–H and O–H groups in total.